The third-order valence-electron chi connectivity index (χ3n) is 1.72. The minimum Gasteiger partial charge on any atom is -0.545 e. The molecule has 0 fully saturated rings. The Morgan fingerprint density at radius 1 is 1.37 bits per heavy atom. The molecule has 0 atom stereocenters. The normalized spacial score (nSPS) is 10.5. The van der Waals surface area contributed by atoms with E-state index in [0.29, 0.717) is 0 Å². The van der Waals surface area contributed by atoms with E-state index in [-0.39, 0.29) is 53.5 Å². The van der Waals surface area contributed by atoms with Crippen LogP contribution in [0.15, 0.2) is 12.1 Å². The first-order valence-corrected chi connectivity index (χ1v) is 4.88. The van der Waals surface area contributed by atoms with Crippen molar-refractivity contribution in [3.05, 3.63) is 17.7 Å². The van der Waals surface area contributed by atoms with E-state index in [4.69, 9.17) is 4.74 Å². The summed E-state index contributed by atoms with van der Waals surface area (Å²) in [5.41, 5.74) is -0.351. The van der Waals surface area contributed by atoms with Crippen LogP contribution < -0.4 is 44.1 Å². The van der Waals surface area contributed by atoms with Gasteiger partial charge in [-0.15, -0.1) is 0 Å². The molecule has 0 saturated heterocycles. The fraction of sp³-hybridized carbons (Fsp3) is 0.400. The molecule has 0 aliphatic carbocycles. The van der Waals surface area contributed by atoms with E-state index >= 15 is 0 Å². The number of carbonyl (C=O) groups is 1. The monoisotopic (exact) mass is 287 g/mol. The molecule has 0 amide bonds. The van der Waals surface area contributed by atoms with E-state index in [1.54, 1.807) is 6.92 Å². The van der Waals surface area contributed by atoms with E-state index < -0.39 is 18.8 Å². The quantitative estimate of drug-likeness (QED) is 0.574. The third kappa shape index (κ3) is 6.13. The van der Waals surface area contributed by atoms with Crippen molar-refractivity contribution in [2.45, 2.75) is 13.1 Å². The average Bonchev–Trinajstić information content (AvgIpc) is 2.25. The van der Waals surface area contributed by atoms with Crippen LogP contribution >= 0.6 is 0 Å². The second-order valence-electron chi connectivity index (χ2n) is 3.13. The summed E-state index contributed by atoms with van der Waals surface area (Å²) in [6.07, 6.45) is -4.50. The average molecular weight is 287 g/mol. The summed E-state index contributed by atoms with van der Waals surface area (Å²) < 4.78 is 45.0. The van der Waals surface area contributed by atoms with Crippen LogP contribution in [0, 0.1) is 0 Å². The van der Waals surface area contributed by atoms with Gasteiger partial charge in [0.2, 0.25) is 11.8 Å². The molecule has 1 rings (SSSR count). The molecule has 0 saturated carbocycles. The van der Waals surface area contributed by atoms with Crippen LogP contribution in [-0.2, 0) is 0 Å². The molecule has 9 heteroatoms. The smallest absolute Gasteiger partial charge is 0.545 e. The van der Waals surface area contributed by atoms with Gasteiger partial charge in [-0.2, -0.15) is 18.2 Å². The number of carboxylic acid groups (broad SMARTS) is 1. The van der Waals surface area contributed by atoms with E-state index in [1.165, 1.54) is 0 Å². The van der Waals surface area contributed by atoms with E-state index in [9.17, 15) is 23.1 Å². The summed E-state index contributed by atoms with van der Waals surface area (Å²) in [7, 11) is 0. The Bertz CT molecular complexity index is 439. The van der Waals surface area contributed by atoms with Gasteiger partial charge in [0, 0.05) is 6.07 Å². The van der Waals surface area contributed by atoms with Crippen LogP contribution in [-0.4, -0.2) is 30.3 Å². The first-order valence-electron chi connectivity index (χ1n) is 4.88. The Hall–Kier alpha value is -0.990. The molecular formula is C10H9F3NNaO4. The van der Waals surface area contributed by atoms with Gasteiger partial charge in [-0.1, -0.05) is 0 Å². The molecule has 0 aromatic carbocycles. The number of hydrogen-bond donors (Lipinski definition) is 0. The molecule has 0 unspecified atom stereocenters. The summed E-state index contributed by atoms with van der Waals surface area (Å²) in [6, 6.07) is 2.01. The van der Waals surface area contributed by atoms with Crippen molar-refractivity contribution in [1.29, 1.82) is 0 Å². The van der Waals surface area contributed by atoms with Gasteiger partial charge < -0.3 is 19.4 Å². The molecule has 0 aliphatic rings. The van der Waals surface area contributed by atoms with Crippen molar-refractivity contribution in [1.82, 2.24) is 4.98 Å². The Morgan fingerprint density at radius 3 is 2.47 bits per heavy atom. The van der Waals surface area contributed by atoms with Crippen LogP contribution in [0.5, 0.6) is 11.8 Å². The predicted molar refractivity (Wildman–Crippen MR) is 51.3 cm³/mol. The van der Waals surface area contributed by atoms with Gasteiger partial charge in [0.05, 0.1) is 18.1 Å². The van der Waals surface area contributed by atoms with E-state index in [2.05, 4.69) is 9.72 Å². The number of alkyl halides is 3. The summed E-state index contributed by atoms with van der Waals surface area (Å²) in [5, 5.41) is 10.7. The molecule has 5 nitrogen and oxygen atoms in total. The van der Waals surface area contributed by atoms with Gasteiger partial charge >= 0.3 is 35.7 Å². The summed E-state index contributed by atoms with van der Waals surface area (Å²) >= 11 is 0. The standard InChI is InChI=1S/C10H10F3NO4.Na/c1-2-17-8-6(9(15)16)3-4-7(14-8)18-5-10(11,12)13;/h3-4H,2,5H2,1H3,(H,15,16);/q;+1/p-1. The molecule has 0 N–H and O–H groups in total. The Labute approximate surface area is 129 Å². The second kappa shape index (κ2) is 7.56. The minimum atomic E-state index is -4.50. The summed E-state index contributed by atoms with van der Waals surface area (Å²) in [6.45, 7) is 0.163. The van der Waals surface area contributed by atoms with Gasteiger partial charge in [0.15, 0.2) is 6.61 Å². The Balaban J connectivity index is 0.00000324. The number of nitrogens with zero attached hydrogens (tertiary/aromatic N) is 1. The van der Waals surface area contributed by atoms with E-state index in [0.717, 1.165) is 12.1 Å². The molecule has 100 valence electrons. The molecule has 1 aromatic heterocycles. The summed E-state index contributed by atoms with van der Waals surface area (Å²) in [4.78, 5) is 14.2. The van der Waals surface area contributed by atoms with Crippen LogP contribution in [0.25, 0.3) is 0 Å². The molecule has 0 bridgehead atoms. The van der Waals surface area contributed by atoms with Gasteiger partial charge in [-0.3, -0.25) is 0 Å². The maximum absolute atomic E-state index is 11.9. The molecule has 19 heavy (non-hydrogen) atoms. The molecule has 0 spiro atoms. The number of pyridine rings is 1. The largest absolute Gasteiger partial charge is 1.00 e. The predicted octanol–water partition coefficient (Wildman–Crippen LogP) is -2.21. The van der Waals surface area contributed by atoms with Crippen molar-refractivity contribution in [2.24, 2.45) is 0 Å². The number of halogens is 3. The van der Waals surface area contributed by atoms with Crippen LogP contribution in [0.1, 0.15) is 17.3 Å². The maximum Gasteiger partial charge on any atom is 1.00 e. The first kappa shape index (κ1) is 18.0. The van der Waals surface area contributed by atoms with Gasteiger partial charge in [0.25, 0.3) is 0 Å². The maximum atomic E-state index is 11.9. The molecular weight excluding hydrogens is 278 g/mol. The van der Waals surface area contributed by atoms with Crippen molar-refractivity contribution in [3.8, 4) is 11.8 Å². The SMILES string of the molecule is CCOc1nc(OCC(F)(F)F)ccc1C(=O)[O-].[Na+]. The molecule has 1 aromatic rings. The zero-order chi connectivity index (χ0) is 13.8. The topological polar surface area (TPSA) is 71.5 Å². The zero-order valence-corrected chi connectivity index (χ0v) is 12.3. The Morgan fingerprint density at radius 2 is 2.00 bits per heavy atom. The van der Waals surface area contributed by atoms with Crippen LogP contribution in [0.2, 0.25) is 0 Å². The molecule has 1 heterocycles. The van der Waals surface area contributed by atoms with E-state index in [1.807, 2.05) is 0 Å². The third-order valence-corrected chi connectivity index (χ3v) is 1.72. The number of carboxylic acids is 1. The van der Waals surface area contributed by atoms with Crippen molar-refractivity contribution in [3.63, 3.8) is 0 Å². The number of ether oxygens (including phenoxy) is 2. The minimum absolute atomic E-state index is 0. The molecule has 0 aliphatic heterocycles. The Kier molecular flexibility index (Phi) is 7.17. The van der Waals surface area contributed by atoms with Gasteiger partial charge in [-0.05, 0) is 13.0 Å². The fourth-order valence-corrected chi connectivity index (χ4v) is 1.06. The fourth-order valence-electron chi connectivity index (χ4n) is 1.06. The van der Waals surface area contributed by atoms with Gasteiger partial charge in [-0.25, -0.2) is 0 Å². The first-order chi connectivity index (χ1) is 8.33. The second-order valence-corrected chi connectivity index (χ2v) is 3.13. The zero-order valence-electron chi connectivity index (χ0n) is 10.3. The number of aromatic carboxylic acids is 1. The number of hydrogen-bond acceptors (Lipinski definition) is 5. The van der Waals surface area contributed by atoms with Crippen molar-refractivity contribution >= 4 is 5.97 Å². The number of rotatable bonds is 5. The van der Waals surface area contributed by atoms with Gasteiger partial charge in [0.1, 0.15) is 0 Å². The van der Waals surface area contributed by atoms with Crippen molar-refractivity contribution < 1.29 is 62.1 Å². The number of aromatic nitrogens is 1. The van der Waals surface area contributed by atoms with Crippen LogP contribution in [0.3, 0.4) is 0 Å². The van der Waals surface area contributed by atoms with Crippen LogP contribution in [0.4, 0.5) is 13.2 Å². The van der Waals surface area contributed by atoms with Crippen molar-refractivity contribution in [2.75, 3.05) is 13.2 Å². The molecule has 0 radical (unpaired) electrons. The number of carbonyl (C=O) groups excluding carboxylic acids is 1. The summed E-state index contributed by atoms with van der Waals surface area (Å²) in [5.74, 6) is -2.24.